The lowest BCUT2D eigenvalue weighted by Gasteiger charge is -2.17. The molecule has 0 amide bonds. The average Bonchev–Trinajstić information content (AvgIpc) is 3.04. The molecule has 22 heavy (non-hydrogen) atoms. The first-order valence-corrected chi connectivity index (χ1v) is 8.09. The second-order valence-corrected chi connectivity index (χ2v) is 6.14. The van der Waals surface area contributed by atoms with Crippen LogP contribution in [0.1, 0.15) is 16.7 Å². The van der Waals surface area contributed by atoms with Crippen LogP contribution in [-0.2, 0) is 6.17 Å². The van der Waals surface area contributed by atoms with Crippen LogP contribution in [-0.4, -0.2) is 24.5 Å². The molecule has 3 rings (SSSR count). The molecule has 2 radical (unpaired) electrons. The highest BCUT2D eigenvalue weighted by Gasteiger charge is 2.16. The third kappa shape index (κ3) is 3.45. The van der Waals surface area contributed by atoms with E-state index in [4.69, 9.17) is 0 Å². The first-order chi connectivity index (χ1) is 10.7. The zero-order chi connectivity index (χ0) is 15.4. The molecule has 0 atom stereocenters. The highest BCUT2D eigenvalue weighted by atomic mass is 28.2. The summed E-state index contributed by atoms with van der Waals surface area (Å²) in [5.41, 5.74) is 2.09. The van der Waals surface area contributed by atoms with Crippen LogP contribution in [0, 0.1) is 11.6 Å². The normalized spacial score (nSPS) is 11.0. The van der Waals surface area contributed by atoms with E-state index in [2.05, 4.69) is 10.3 Å². The first kappa shape index (κ1) is 14.6. The molecule has 0 aliphatic heterocycles. The molecule has 1 heterocycles. The van der Waals surface area contributed by atoms with E-state index in [0.29, 0.717) is 15.7 Å². The molecule has 0 saturated heterocycles. The number of rotatable bonds is 5. The van der Waals surface area contributed by atoms with Gasteiger partial charge < -0.3 is 0 Å². The highest BCUT2D eigenvalue weighted by Crippen LogP contribution is 2.24. The molecule has 0 bridgehead atoms. The van der Waals surface area contributed by atoms with E-state index in [1.54, 1.807) is 41.3 Å². The Bertz CT molecular complexity index is 667. The molecule has 110 valence electrons. The molecule has 6 heteroatoms. The average molecular weight is 313 g/mol. The Morgan fingerprint density at radius 2 is 1.45 bits per heavy atom. The summed E-state index contributed by atoms with van der Waals surface area (Å²) in [5, 5.41) is 7.74. The van der Waals surface area contributed by atoms with Crippen LogP contribution >= 0.6 is 0 Å². The predicted molar refractivity (Wildman–Crippen MR) is 80.4 cm³/mol. The molecule has 3 nitrogen and oxygen atoms in total. The van der Waals surface area contributed by atoms with Gasteiger partial charge in [0.25, 0.3) is 0 Å². The van der Waals surface area contributed by atoms with E-state index in [1.807, 2.05) is 0 Å². The second-order valence-electron chi connectivity index (χ2n) is 4.84. The van der Waals surface area contributed by atoms with Gasteiger partial charge in [0.1, 0.15) is 11.6 Å². The van der Waals surface area contributed by atoms with Gasteiger partial charge in [-0.15, -0.1) is 5.10 Å². The van der Waals surface area contributed by atoms with Crippen molar-refractivity contribution >= 4 is 9.52 Å². The van der Waals surface area contributed by atoms with Crippen molar-refractivity contribution in [1.29, 1.82) is 0 Å². The summed E-state index contributed by atoms with van der Waals surface area (Å²) in [4.78, 5) is 0. The number of hydrogen-bond donors (Lipinski definition) is 0. The van der Waals surface area contributed by atoms with Gasteiger partial charge in [-0.05, 0) is 35.4 Å². The largest absolute Gasteiger partial charge is 0.256 e. The summed E-state index contributed by atoms with van der Waals surface area (Å²) in [6.07, 6.45) is 4.15. The molecule has 0 fully saturated rings. The van der Waals surface area contributed by atoms with Crippen LogP contribution in [0.3, 0.4) is 0 Å². The van der Waals surface area contributed by atoms with Crippen molar-refractivity contribution in [2.24, 2.45) is 0 Å². The Labute approximate surface area is 129 Å². The van der Waals surface area contributed by atoms with Crippen molar-refractivity contribution < 1.29 is 8.78 Å². The molecular formula is C16H13F2N3Si. The second kappa shape index (κ2) is 6.61. The van der Waals surface area contributed by atoms with Crippen molar-refractivity contribution in [3.8, 4) is 0 Å². The van der Waals surface area contributed by atoms with Gasteiger partial charge >= 0.3 is 0 Å². The Kier molecular flexibility index (Phi) is 4.39. The van der Waals surface area contributed by atoms with Gasteiger partial charge in [0.05, 0.1) is 15.7 Å². The minimum absolute atomic E-state index is 0.0744. The molecule has 1 aromatic heterocycles. The molecule has 0 unspecified atom stereocenters. The zero-order valence-electron chi connectivity index (χ0n) is 11.7. The third-order valence-electron chi connectivity index (χ3n) is 3.34. The zero-order valence-corrected chi connectivity index (χ0v) is 12.7. The number of nitrogens with zero attached hydrogens (tertiary/aromatic N) is 3. The van der Waals surface area contributed by atoms with E-state index in [-0.39, 0.29) is 17.2 Å². The van der Waals surface area contributed by atoms with Crippen molar-refractivity contribution in [2.75, 3.05) is 0 Å². The summed E-state index contributed by atoms with van der Waals surface area (Å²) in [5.74, 6) is -0.526. The maximum Gasteiger partial charge on any atom is 0.123 e. The molecule has 3 aromatic rings. The Hall–Kier alpha value is -2.34. The maximum atomic E-state index is 13.1. The van der Waals surface area contributed by atoms with Crippen LogP contribution < -0.4 is 0 Å². The molecular weight excluding hydrogens is 300 g/mol. The third-order valence-corrected chi connectivity index (χ3v) is 4.92. The smallest absolute Gasteiger partial charge is 0.123 e. The van der Waals surface area contributed by atoms with Crippen LogP contribution in [0.15, 0.2) is 60.9 Å². The lowest BCUT2D eigenvalue weighted by molar-refractivity contribution is 0.626. The summed E-state index contributed by atoms with van der Waals surface area (Å²) in [7, 11) is 0.482. The SMILES string of the molecule is Fc1ccc(C([Si]Cn2ccnn2)c2ccc(F)cc2)cc1. The predicted octanol–water partition coefficient (Wildman–Crippen LogP) is 3.01. The maximum absolute atomic E-state index is 13.1. The van der Waals surface area contributed by atoms with Crippen LogP contribution in [0.5, 0.6) is 0 Å². The monoisotopic (exact) mass is 313 g/mol. The highest BCUT2D eigenvalue weighted by molar-refractivity contribution is 6.37. The van der Waals surface area contributed by atoms with Crippen LogP contribution in [0.4, 0.5) is 8.78 Å². The summed E-state index contributed by atoms with van der Waals surface area (Å²) < 4.78 is 28.1. The molecule has 2 aromatic carbocycles. The summed E-state index contributed by atoms with van der Waals surface area (Å²) in [6.45, 7) is 0. The standard InChI is InChI=1S/C16H13F2N3Si/c17-14-5-1-12(2-6-14)16(13-3-7-15(18)8-4-13)22-11-21-10-9-19-20-21/h1-10,16H,11H2. The van der Waals surface area contributed by atoms with Gasteiger partial charge in [0.15, 0.2) is 0 Å². The van der Waals surface area contributed by atoms with Crippen molar-refractivity contribution in [1.82, 2.24) is 15.0 Å². The van der Waals surface area contributed by atoms with Gasteiger partial charge in [-0.1, -0.05) is 29.5 Å². The van der Waals surface area contributed by atoms with Crippen LogP contribution in [0.25, 0.3) is 0 Å². The van der Waals surface area contributed by atoms with Crippen molar-refractivity contribution in [3.63, 3.8) is 0 Å². The Balaban J connectivity index is 1.87. The minimum atomic E-state index is -0.263. The lowest BCUT2D eigenvalue weighted by atomic mass is 10.0. The molecule has 0 N–H and O–H groups in total. The Morgan fingerprint density at radius 3 is 1.91 bits per heavy atom. The minimum Gasteiger partial charge on any atom is -0.256 e. The fourth-order valence-corrected chi connectivity index (χ4v) is 3.64. The molecule has 0 aliphatic rings. The summed E-state index contributed by atoms with van der Waals surface area (Å²) in [6, 6.07) is 12.9. The quantitative estimate of drug-likeness (QED) is 0.678. The van der Waals surface area contributed by atoms with Gasteiger partial charge in [0.2, 0.25) is 0 Å². The van der Waals surface area contributed by atoms with Gasteiger partial charge in [-0.3, -0.25) is 4.68 Å². The Morgan fingerprint density at radius 1 is 0.909 bits per heavy atom. The molecule has 0 spiro atoms. The van der Waals surface area contributed by atoms with E-state index in [9.17, 15) is 8.78 Å². The fraction of sp³-hybridized carbons (Fsp3) is 0.125. The number of halogens is 2. The van der Waals surface area contributed by atoms with Gasteiger partial charge in [-0.2, -0.15) is 0 Å². The number of hydrogen-bond acceptors (Lipinski definition) is 2. The van der Waals surface area contributed by atoms with Gasteiger partial charge in [-0.25, -0.2) is 8.78 Å². The van der Waals surface area contributed by atoms with E-state index < -0.39 is 0 Å². The lowest BCUT2D eigenvalue weighted by Crippen LogP contribution is -2.17. The fourth-order valence-electron chi connectivity index (χ4n) is 2.24. The van der Waals surface area contributed by atoms with Crippen molar-refractivity contribution in [3.05, 3.63) is 83.7 Å². The van der Waals surface area contributed by atoms with E-state index >= 15 is 0 Å². The van der Waals surface area contributed by atoms with Crippen molar-refractivity contribution in [2.45, 2.75) is 11.7 Å². The van der Waals surface area contributed by atoms with Gasteiger partial charge in [0, 0.05) is 17.9 Å². The number of benzene rings is 2. The first-order valence-electron chi connectivity index (χ1n) is 6.81. The molecule has 0 aliphatic carbocycles. The van der Waals surface area contributed by atoms with E-state index in [1.165, 1.54) is 24.3 Å². The topological polar surface area (TPSA) is 30.7 Å². The van der Waals surface area contributed by atoms with Crippen LogP contribution in [0.2, 0.25) is 0 Å². The molecule has 0 saturated carbocycles. The van der Waals surface area contributed by atoms with E-state index in [0.717, 1.165) is 11.1 Å². The number of aromatic nitrogens is 3. The summed E-state index contributed by atoms with van der Waals surface area (Å²) >= 11 is 0.